The number of unbranched alkanes of at least 4 members (excludes halogenated alkanes) is 1. The molecule has 0 heterocycles. The molecule has 6 heteroatoms. The first-order chi connectivity index (χ1) is 8.45. The van der Waals surface area contributed by atoms with Crippen LogP contribution in [0.2, 0.25) is 0 Å². The Bertz CT molecular complexity index is 201. The summed E-state index contributed by atoms with van der Waals surface area (Å²) in [6, 6.07) is 0. The maximum absolute atomic E-state index is 9.64. The lowest BCUT2D eigenvalue weighted by molar-refractivity contribution is -0.135. The van der Waals surface area contributed by atoms with E-state index in [0.717, 1.165) is 0 Å². The van der Waals surface area contributed by atoms with Crippen molar-refractivity contribution in [2.24, 2.45) is 0 Å². The van der Waals surface area contributed by atoms with Crippen LogP contribution >= 0.6 is 0 Å². The first-order valence-electron chi connectivity index (χ1n) is 6.46. The molecule has 0 aliphatic rings. The molecule has 0 aromatic heterocycles. The van der Waals surface area contributed by atoms with Gasteiger partial charge in [0.1, 0.15) is 18.3 Å². The van der Waals surface area contributed by atoms with E-state index in [1.807, 2.05) is 6.92 Å². The van der Waals surface area contributed by atoms with Crippen LogP contribution in [0.25, 0.3) is 0 Å². The molecular weight excluding hydrogens is 240 g/mol. The molecule has 0 bridgehead atoms. The van der Waals surface area contributed by atoms with Gasteiger partial charge in [0.25, 0.3) is 0 Å². The molecule has 6 nitrogen and oxygen atoms in total. The summed E-state index contributed by atoms with van der Waals surface area (Å²) < 4.78 is 0. The van der Waals surface area contributed by atoms with Crippen LogP contribution in [0, 0.1) is 0 Å². The van der Waals surface area contributed by atoms with Crippen molar-refractivity contribution < 1.29 is 30.6 Å². The summed E-state index contributed by atoms with van der Waals surface area (Å²) in [5, 5.41) is 56.5. The van der Waals surface area contributed by atoms with E-state index in [1.54, 1.807) is 0 Å². The molecule has 6 N–H and O–H groups in total. The number of rotatable bonds is 10. The Balaban J connectivity index is 4.17. The van der Waals surface area contributed by atoms with Gasteiger partial charge in [0, 0.05) is 6.61 Å². The van der Waals surface area contributed by atoms with Gasteiger partial charge in [-0.3, -0.25) is 0 Å². The Kier molecular flexibility index (Phi) is 9.53. The summed E-state index contributed by atoms with van der Waals surface area (Å²) in [6.45, 7) is 1.83. The van der Waals surface area contributed by atoms with Crippen molar-refractivity contribution in [2.75, 3.05) is 6.61 Å². The van der Waals surface area contributed by atoms with Gasteiger partial charge in [-0.2, -0.15) is 0 Å². The minimum atomic E-state index is -1.59. The topological polar surface area (TPSA) is 121 Å². The van der Waals surface area contributed by atoms with Gasteiger partial charge in [-0.05, 0) is 25.7 Å². The minimum Gasteiger partial charge on any atom is -0.396 e. The highest BCUT2D eigenvalue weighted by Gasteiger charge is 2.33. The van der Waals surface area contributed by atoms with Crippen molar-refractivity contribution in [1.29, 1.82) is 0 Å². The van der Waals surface area contributed by atoms with Crippen LogP contribution in [-0.4, -0.2) is 67.8 Å². The maximum atomic E-state index is 9.64. The van der Waals surface area contributed by atoms with Crippen LogP contribution in [-0.2, 0) is 0 Å². The Morgan fingerprint density at radius 1 is 0.722 bits per heavy atom. The summed E-state index contributed by atoms with van der Waals surface area (Å²) >= 11 is 0. The van der Waals surface area contributed by atoms with Gasteiger partial charge in [-0.15, -0.1) is 0 Å². The van der Waals surface area contributed by atoms with E-state index in [1.165, 1.54) is 0 Å². The number of aliphatic hydroxyl groups excluding tert-OH is 6. The van der Waals surface area contributed by atoms with Gasteiger partial charge < -0.3 is 30.6 Å². The SMILES string of the molecule is CCC[C@@H](O)[C@H](O)[C@@H](O)[C@@H](O)[C@@H](O)CCCCO. The Hall–Kier alpha value is -0.240. The average molecular weight is 266 g/mol. The van der Waals surface area contributed by atoms with Gasteiger partial charge in [0.15, 0.2) is 0 Å². The number of hydrogen-bond donors (Lipinski definition) is 6. The smallest absolute Gasteiger partial charge is 0.111 e. The predicted octanol–water partition coefficient (Wildman–Crippen LogP) is -1.25. The van der Waals surface area contributed by atoms with Crippen LogP contribution in [0.1, 0.15) is 39.0 Å². The molecule has 0 saturated carbocycles. The normalized spacial score (nSPS) is 20.2. The fourth-order valence-electron chi connectivity index (χ4n) is 1.76. The zero-order valence-corrected chi connectivity index (χ0v) is 10.8. The Morgan fingerprint density at radius 3 is 1.67 bits per heavy atom. The zero-order valence-electron chi connectivity index (χ0n) is 10.8. The van der Waals surface area contributed by atoms with Crippen LogP contribution in [0.3, 0.4) is 0 Å². The predicted molar refractivity (Wildman–Crippen MR) is 65.9 cm³/mol. The lowest BCUT2D eigenvalue weighted by Gasteiger charge is -2.29. The first kappa shape index (κ1) is 17.8. The van der Waals surface area contributed by atoms with Crippen LogP contribution in [0.15, 0.2) is 0 Å². The van der Waals surface area contributed by atoms with Crippen molar-refractivity contribution >= 4 is 0 Å². The fraction of sp³-hybridized carbons (Fsp3) is 1.00. The molecule has 0 amide bonds. The van der Waals surface area contributed by atoms with Crippen LogP contribution in [0.4, 0.5) is 0 Å². The highest BCUT2D eigenvalue weighted by atomic mass is 16.4. The fourth-order valence-corrected chi connectivity index (χ4v) is 1.76. The molecule has 18 heavy (non-hydrogen) atoms. The third kappa shape index (κ3) is 6.08. The molecule has 0 fully saturated rings. The van der Waals surface area contributed by atoms with E-state index in [0.29, 0.717) is 25.7 Å². The molecule has 0 aromatic carbocycles. The van der Waals surface area contributed by atoms with Crippen LogP contribution in [0.5, 0.6) is 0 Å². The second kappa shape index (κ2) is 9.66. The second-order valence-corrected chi connectivity index (χ2v) is 4.61. The van der Waals surface area contributed by atoms with Gasteiger partial charge in [-0.25, -0.2) is 0 Å². The first-order valence-corrected chi connectivity index (χ1v) is 6.46. The van der Waals surface area contributed by atoms with E-state index >= 15 is 0 Å². The van der Waals surface area contributed by atoms with E-state index in [4.69, 9.17) is 5.11 Å². The molecule has 0 rings (SSSR count). The van der Waals surface area contributed by atoms with Gasteiger partial charge >= 0.3 is 0 Å². The minimum absolute atomic E-state index is 0.00318. The molecule has 0 aliphatic carbocycles. The standard InChI is InChI=1S/C12H26O6/c1-2-5-8(14)10(16)12(18)11(17)9(15)6-3-4-7-13/h8-18H,2-7H2,1H3/t8-,9+,10+,11+,12-/m1/s1. The van der Waals surface area contributed by atoms with Crippen LogP contribution < -0.4 is 0 Å². The summed E-state index contributed by atoms with van der Waals surface area (Å²) in [4.78, 5) is 0. The van der Waals surface area contributed by atoms with E-state index < -0.39 is 30.5 Å². The second-order valence-electron chi connectivity index (χ2n) is 4.61. The third-order valence-electron chi connectivity index (χ3n) is 2.98. The van der Waals surface area contributed by atoms with Gasteiger partial charge in [0.05, 0.1) is 12.2 Å². The van der Waals surface area contributed by atoms with E-state index in [-0.39, 0.29) is 13.0 Å². The summed E-state index contributed by atoms with van der Waals surface area (Å²) in [7, 11) is 0. The monoisotopic (exact) mass is 266 g/mol. The quantitative estimate of drug-likeness (QED) is 0.275. The molecule has 0 aliphatic heterocycles. The lowest BCUT2D eigenvalue weighted by atomic mass is 9.95. The third-order valence-corrected chi connectivity index (χ3v) is 2.98. The highest BCUT2D eigenvalue weighted by Crippen LogP contribution is 2.14. The Labute approximate surface area is 108 Å². The van der Waals surface area contributed by atoms with Crippen molar-refractivity contribution in [3.8, 4) is 0 Å². The van der Waals surface area contributed by atoms with Crippen molar-refractivity contribution in [3.63, 3.8) is 0 Å². The van der Waals surface area contributed by atoms with Crippen molar-refractivity contribution in [1.82, 2.24) is 0 Å². The molecule has 0 saturated heterocycles. The number of hydrogen-bond acceptors (Lipinski definition) is 6. The van der Waals surface area contributed by atoms with Crippen molar-refractivity contribution in [3.05, 3.63) is 0 Å². The average Bonchev–Trinajstić information content (AvgIpc) is 2.36. The Morgan fingerprint density at radius 2 is 1.22 bits per heavy atom. The van der Waals surface area contributed by atoms with Gasteiger partial charge in [0.2, 0.25) is 0 Å². The highest BCUT2D eigenvalue weighted by molar-refractivity contribution is 4.84. The molecule has 0 unspecified atom stereocenters. The van der Waals surface area contributed by atoms with E-state index in [9.17, 15) is 25.5 Å². The molecule has 0 radical (unpaired) electrons. The van der Waals surface area contributed by atoms with Crippen molar-refractivity contribution in [2.45, 2.75) is 69.5 Å². The van der Waals surface area contributed by atoms with E-state index in [2.05, 4.69) is 0 Å². The largest absolute Gasteiger partial charge is 0.396 e. The molecule has 0 spiro atoms. The maximum Gasteiger partial charge on any atom is 0.111 e. The summed E-state index contributed by atoms with van der Waals surface area (Å²) in [5.41, 5.74) is 0. The molecule has 110 valence electrons. The number of aliphatic hydroxyl groups is 6. The van der Waals surface area contributed by atoms with Gasteiger partial charge in [-0.1, -0.05) is 13.3 Å². The molecule has 0 aromatic rings. The lowest BCUT2D eigenvalue weighted by Crippen LogP contribution is -2.49. The summed E-state index contributed by atoms with van der Waals surface area (Å²) in [6.07, 6.45) is -4.70. The zero-order chi connectivity index (χ0) is 14.1. The molecular formula is C12H26O6. The molecule has 5 atom stereocenters. The summed E-state index contributed by atoms with van der Waals surface area (Å²) in [5.74, 6) is 0.